The van der Waals surface area contributed by atoms with E-state index in [0.29, 0.717) is 27.4 Å². The number of rotatable bonds is 4. The van der Waals surface area contributed by atoms with E-state index < -0.39 is 5.91 Å². The van der Waals surface area contributed by atoms with E-state index in [1.165, 1.54) is 23.7 Å². The number of carbonyl (C=O) groups excluding carboxylic acids is 1. The van der Waals surface area contributed by atoms with Crippen molar-refractivity contribution in [3.05, 3.63) is 70.3 Å². The summed E-state index contributed by atoms with van der Waals surface area (Å²) in [7, 11) is 2.13. The van der Waals surface area contributed by atoms with Crippen molar-refractivity contribution in [1.82, 2.24) is 29.6 Å². The number of benzene rings is 1. The van der Waals surface area contributed by atoms with Gasteiger partial charge in [0.2, 0.25) is 5.43 Å². The molecule has 0 aliphatic carbocycles. The molecule has 4 aromatic heterocycles. The second-order valence-corrected chi connectivity index (χ2v) is 10.2. The molecule has 1 aromatic carbocycles. The number of hydrogen-bond donors (Lipinski definition) is 2. The number of nitrogens with zero attached hydrogens (tertiary/aromatic N) is 6. The van der Waals surface area contributed by atoms with Gasteiger partial charge in [0.15, 0.2) is 5.65 Å². The third-order valence-corrected chi connectivity index (χ3v) is 7.84. The molecule has 0 saturated carbocycles. The number of fused-ring (bicyclic) bond motifs is 5. The summed E-state index contributed by atoms with van der Waals surface area (Å²) in [4.78, 5) is 45.5. The first kappa shape index (κ1) is 23.3. The number of carbonyl (C=O) groups is 1. The molecule has 1 aliphatic heterocycles. The molecule has 0 atom stereocenters. The van der Waals surface area contributed by atoms with E-state index in [1.807, 2.05) is 34.7 Å². The molecule has 0 radical (unpaired) electrons. The molecule has 37 heavy (non-hydrogen) atoms. The third-order valence-electron chi connectivity index (χ3n) is 6.70. The number of aromatic nitrogens is 4. The van der Waals surface area contributed by atoms with Gasteiger partial charge in [-0.2, -0.15) is 0 Å². The van der Waals surface area contributed by atoms with Crippen LogP contribution in [-0.2, 0) is 6.54 Å². The number of nitrogens with two attached hydrogens (primary N) is 1. The normalized spacial score (nSPS) is 14.9. The van der Waals surface area contributed by atoms with E-state index in [-0.39, 0.29) is 17.5 Å². The van der Waals surface area contributed by atoms with Crippen molar-refractivity contribution in [3.63, 3.8) is 0 Å². The molecule has 1 fully saturated rings. The van der Waals surface area contributed by atoms with Crippen LogP contribution in [0.15, 0.2) is 53.6 Å². The van der Waals surface area contributed by atoms with Crippen LogP contribution >= 0.6 is 11.3 Å². The second kappa shape index (κ2) is 9.41. The monoisotopic (exact) mass is 514 g/mol. The predicted octanol–water partition coefficient (Wildman–Crippen LogP) is 2.51. The molecule has 10 nitrogen and oxygen atoms in total. The standard InChI is InChI=1S/C26H26N8O2S/c1-32-9-4-10-33(12-11-32)21-8-7-17-23(35)22(25(36)30-14-16-13-29-20(27)15-28-16)26-34(24(17)31-21)18-5-2-3-6-19(18)37-26/h2-3,5-8,13,15H,4,9-12,14H2,1H3,(H2,27,29)(H,30,36). The number of likely N-dealkylation sites (N-methyl/N-ethyl adjacent to an activating group) is 1. The molecule has 188 valence electrons. The third kappa shape index (κ3) is 4.25. The van der Waals surface area contributed by atoms with Gasteiger partial charge >= 0.3 is 0 Å². The lowest BCUT2D eigenvalue weighted by atomic mass is 10.1. The van der Waals surface area contributed by atoms with Gasteiger partial charge in [-0.15, -0.1) is 11.3 Å². The Balaban J connectivity index is 1.49. The highest BCUT2D eigenvalue weighted by atomic mass is 32.1. The van der Waals surface area contributed by atoms with Gasteiger partial charge in [-0.1, -0.05) is 12.1 Å². The largest absolute Gasteiger partial charge is 0.382 e. The average molecular weight is 515 g/mol. The van der Waals surface area contributed by atoms with Crippen molar-refractivity contribution in [2.24, 2.45) is 0 Å². The molecular weight excluding hydrogens is 488 g/mol. The van der Waals surface area contributed by atoms with E-state index in [1.54, 1.807) is 6.07 Å². The maximum atomic E-state index is 13.7. The Morgan fingerprint density at radius 3 is 2.78 bits per heavy atom. The Morgan fingerprint density at radius 1 is 1.08 bits per heavy atom. The fourth-order valence-electron chi connectivity index (χ4n) is 4.75. The van der Waals surface area contributed by atoms with Crippen LogP contribution in [0.4, 0.5) is 11.6 Å². The minimum atomic E-state index is -0.464. The molecular formula is C26H26N8O2S. The van der Waals surface area contributed by atoms with Crippen molar-refractivity contribution in [3.8, 4) is 0 Å². The smallest absolute Gasteiger partial charge is 0.258 e. The Bertz CT molecular complexity index is 1700. The molecule has 1 aliphatic rings. The number of nitrogens with one attached hydrogen (secondary N) is 1. The van der Waals surface area contributed by atoms with E-state index in [9.17, 15) is 9.59 Å². The average Bonchev–Trinajstić information content (AvgIpc) is 3.15. The molecule has 0 unspecified atom stereocenters. The summed E-state index contributed by atoms with van der Waals surface area (Å²) in [5.41, 5.74) is 7.39. The van der Waals surface area contributed by atoms with Crippen LogP contribution in [0.25, 0.3) is 26.1 Å². The van der Waals surface area contributed by atoms with Crippen molar-refractivity contribution >= 4 is 55.0 Å². The van der Waals surface area contributed by atoms with Gasteiger partial charge < -0.3 is 20.9 Å². The topological polar surface area (TPSA) is 122 Å². The zero-order valence-electron chi connectivity index (χ0n) is 20.3. The maximum Gasteiger partial charge on any atom is 0.258 e. The Hall–Kier alpha value is -4.09. The quantitative estimate of drug-likeness (QED) is 0.375. The lowest BCUT2D eigenvalue weighted by Crippen LogP contribution is -2.31. The maximum absolute atomic E-state index is 13.7. The zero-order valence-corrected chi connectivity index (χ0v) is 21.2. The van der Waals surface area contributed by atoms with Gasteiger partial charge in [0.1, 0.15) is 22.0 Å². The van der Waals surface area contributed by atoms with Crippen LogP contribution in [-0.4, -0.2) is 63.4 Å². The first-order valence-corrected chi connectivity index (χ1v) is 13.0. The number of pyridine rings is 2. The van der Waals surface area contributed by atoms with Crippen LogP contribution in [0.1, 0.15) is 22.5 Å². The molecule has 11 heteroatoms. The van der Waals surface area contributed by atoms with Gasteiger partial charge in [-0.25, -0.2) is 9.97 Å². The van der Waals surface area contributed by atoms with Crippen LogP contribution < -0.4 is 21.4 Å². The summed E-state index contributed by atoms with van der Waals surface area (Å²) in [5.74, 6) is 0.675. The fraction of sp³-hybridized carbons (Fsp3) is 0.269. The van der Waals surface area contributed by atoms with Crippen LogP contribution in [0.5, 0.6) is 0 Å². The first-order valence-electron chi connectivity index (χ1n) is 12.1. The first-order chi connectivity index (χ1) is 18.0. The molecule has 0 bridgehead atoms. The molecule has 0 spiro atoms. The highest BCUT2D eigenvalue weighted by Crippen LogP contribution is 2.31. The zero-order chi connectivity index (χ0) is 25.5. The van der Waals surface area contributed by atoms with Crippen molar-refractivity contribution < 1.29 is 4.79 Å². The summed E-state index contributed by atoms with van der Waals surface area (Å²) in [6.45, 7) is 3.89. The molecule has 1 saturated heterocycles. The van der Waals surface area contributed by atoms with Crippen LogP contribution in [0.2, 0.25) is 0 Å². The molecule has 5 heterocycles. The highest BCUT2D eigenvalue weighted by Gasteiger charge is 2.24. The summed E-state index contributed by atoms with van der Waals surface area (Å²) in [6, 6.07) is 11.6. The van der Waals surface area contributed by atoms with Gasteiger partial charge in [0.25, 0.3) is 5.91 Å². The Labute approximate surface area is 216 Å². The van der Waals surface area contributed by atoms with Gasteiger partial charge in [-0.05, 0) is 44.3 Å². The number of anilines is 2. The summed E-state index contributed by atoms with van der Waals surface area (Å²) in [6.07, 6.45) is 3.98. The summed E-state index contributed by atoms with van der Waals surface area (Å²) >= 11 is 1.41. The number of thiazole rings is 1. The lowest BCUT2D eigenvalue weighted by Gasteiger charge is -2.22. The van der Waals surface area contributed by atoms with Crippen molar-refractivity contribution in [2.75, 3.05) is 43.9 Å². The fourth-order valence-corrected chi connectivity index (χ4v) is 5.93. The van der Waals surface area contributed by atoms with Gasteiger partial charge in [-0.3, -0.25) is 19.0 Å². The number of nitrogen functional groups attached to an aromatic ring is 1. The highest BCUT2D eigenvalue weighted by molar-refractivity contribution is 7.24. The molecule has 6 rings (SSSR count). The van der Waals surface area contributed by atoms with Crippen molar-refractivity contribution in [1.29, 1.82) is 0 Å². The van der Waals surface area contributed by atoms with E-state index in [0.717, 1.165) is 48.6 Å². The Kier molecular flexibility index (Phi) is 5.93. The number of hydrogen-bond acceptors (Lipinski definition) is 9. The Morgan fingerprint density at radius 2 is 1.95 bits per heavy atom. The van der Waals surface area contributed by atoms with Crippen LogP contribution in [0, 0.1) is 0 Å². The minimum absolute atomic E-state index is 0.100. The van der Waals surface area contributed by atoms with E-state index in [2.05, 4.69) is 32.1 Å². The van der Waals surface area contributed by atoms with Crippen LogP contribution in [0.3, 0.4) is 0 Å². The second-order valence-electron chi connectivity index (χ2n) is 9.21. The molecule has 5 aromatic rings. The molecule has 3 N–H and O–H groups in total. The summed E-state index contributed by atoms with van der Waals surface area (Å²) in [5, 5.41) is 3.24. The molecule has 1 amide bonds. The van der Waals surface area contributed by atoms with Gasteiger partial charge in [0, 0.05) is 19.6 Å². The minimum Gasteiger partial charge on any atom is -0.382 e. The van der Waals surface area contributed by atoms with E-state index in [4.69, 9.17) is 10.7 Å². The number of amides is 1. The van der Waals surface area contributed by atoms with Gasteiger partial charge in [0.05, 0.1) is 40.2 Å². The van der Waals surface area contributed by atoms with E-state index >= 15 is 0 Å². The lowest BCUT2D eigenvalue weighted by molar-refractivity contribution is 0.0951. The predicted molar refractivity (Wildman–Crippen MR) is 146 cm³/mol. The SMILES string of the molecule is CN1CCCN(c2ccc3c(=O)c(C(=O)NCc4cnc(N)cn4)c4sc5ccccc5n4c3n2)CC1. The summed E-state index contributed by atoms with van der Waals surface area (Å²) < 4.78 is 2.92. The van der Waals surface area contributed by atoms with Crippen molar-refractivity contribution in [2.45, 2.75) is 13.0 Å². The number of para-hydroxylation sites is 1.